The molecule has 5 rings (SSSR count). The quantitative estimate of drug-likeness (QED) is 0.624. The number of likely N-dealkylation sites (tertiary alicyclic amines) is 1. The van der Waals surface area contributed by atoms with Gasteiger partial charge in [0.05, 0.1) is 11.7 Å². The lowest BCUT2D eigenvalue weighted by Crippen LogP contribution is -2.32. The van der Waals surface area contributed by atoms with Crippen LogP contribution in [0.15, 0.2) is 54.7 Å². The fraction of sp³-hybridized carbons (Fsp3) is 0.320. The summed E-state index contributed by atoms with van der Waals surface area (Å²) in [5.74, 6) is 1.93. The van der Waals surface area contributed by atoms with Gasteiger partial charge in [-0.1, -0.05) is 30.3 Å². The molecule has 7 nitrogen and oxygen atoms in total. The zero-order valence-electron chi connectivity index (χ0n) is 18.3. The fourth-order valence-corrected chi connectivity index (χ4v) is 4.33. The van der Waals surface area contributed by atoms with E-state index in [0.29, 0.717) is 42.8 Å². The Kier molecular flexibility index (Phi) is 5.39. The maximum atomic E-state index is 13.6. The van der Waals surface area contributed by atoms with Crippen molar-refractivity contribution >= 4 is 11.9 Å². The number of carbonyl (C=O) groups excluding carboxylic acids is 1. The molecule has 0 spiro atoms. The van der Waals surface area contributed by atoms with Crippen molar-refractivity contribution in [2.45, 2.75) is 18.9 Å². The van der Waals surface area contributed by atoms with Crippen molar-refractivity contribution in [2.24, 2.45) is 0 Å². The number of carbonyl (C=O) groups is 1. The van der Waals surface area contributed by atoms with E-state index in [1.54, 1.807) is 6.07 Å². The van der Waals surface area contributed by atoms with E-state index < -0.39 is 0 Å². The van der Waals surface area contributed by atoms with Gasteiger partial charge in [-0.05, 0) is 36.6 Å². The molecular formula is C25H26N4O3. The molecule has 2 aliphatic rings. The number of nitrogens with zero attached hydrogens (tertiary/aromatic N) is 4. The van der Waals surface area contributed by atoms with Crippen molar-refractivity contribution in [1.29, 1.82) is 0 Å². The van der Waals surface area contributed by atoms with Crippen LogP contribution in [0.1, 0.15) is 34.9 Å². The molecule has 1 amide bonds. The summed E-state index contributed by atoms with van der Waals surface area (Å²) in [6.45, 7) is 1.71. The smallest absolute Gasteiger partial charge is 0.254 e. The maximum Gasteiger partial charge on any atom is 0.254 e. The number of fused-ring (bicyclic) bond motifs is 1. The van der Waals surface area contributed by atoms with E-state index in [1.807, 2.05) is 60.4 Å². The predicted molar refractivity (Wildman–Crippen MR) is 122 cm³/mol. The van der Waals surface area contributed by atoms with Crippen molar-refractivity contribution < 1.29 is 14.3 Å². The Morgan fingerprint density at radius 1 is 1.06 bits per heavy atom. The second-order valence-electron chi connectivity index (χ2n) is 8.24. The number of hydrogen-bond donors (Lipinski definition) is 0. The largest absolute Gasteiger partial charge is 0.486 e. The third-order valence-corrected chi connectivity index (χ3v) is 5.91. The molecule has 2 aromatic carbocycles. The highest BCUT2D eigenvalue weighted by atomic mass is 16.6. The number of anilines is 1. The molecule has 1 unspecified atom stereocenters. The first kappa shape index (κ1) is 20.3. The molecule has 1 saturated heterocycles. The van der Waals surface area contributed by atoms with Crippen molar-refractivity contribution in [1.82, 2.24) is 14.9 Å². The molecule has 7 heteroatoms. The Morgan fingerprint density at radius 2 is 1.84 bits per heavy atom. The predicted octanol–water partition coefficient (Wildman–Crippen LogP) is 3.96. The molecular weight excluding hydrogens is 404 g/mol. The highest BCUT2D eigenvalue weighted by molar-refractivity contribution is 5.95. The molecule has 0 N–H and O–H groups in total. The van der Waals surface area contributed by atoms with Gasteiger partial charge in [-0.3, -0.25) is 4.79 Å². The first-order valence-corrected chi connectivity index (χ1v) is 10.9. The minimum atomic E-state index is -0.118. The topological polar surface area (TPSA) is 67.8 Å². The van der Waals surface area contributed by atoms with Gasteiger partial charge in [0.15, 0.2) is 11.5 Å². The molecule has 0 radical (unpaired) electrons. The van der Waals surface area contributed by atoms with Gasteiger partial charge < -0.3 is 19.3 Å². The summed E-state index contributed by atoms with van der Waals surface area (Å²) in [6.07, 6.45) is 3.66. The van der Waals surface area contributed by atoms with Crippen LogP contribution in [-0.2, 0) is 0 Å². The average Bonchev–Trinajstić information content (AvgIpc) is 3.33. The minimum absolute atomic E-state index is 0.0199. The summed E-state index contributed by atoms with van der Waals surface area (Å²) in [5, 5.41) is 0. The monoisotopic (exact) mass is 430 g/mol. The fourth-order valence-electron chi connectivity index (χ4n) is 4.33. The van der Waals surface area contributed by atoms with E-state index in [2.05, 4.69) is 17.1 Å². The van der Waals surface area contributed by atoms with Gasteiger partial charge in [0.25, 0.3) is 5.91 Å². The van der Waals surface area contributed by atoms with E-state index in [0.717, 1.165) is 29.7 Å². The van der Waals surface area contributed by atoms with Crippen LogP contribution in [0.3, 0.4) is 0 Å². The summed E-state index contributed by atoms with van der Waals surface area (Å²) in [5.41, 5.74) is 3.50. The standard InChI is InChI=1S/C25H26N4O3/c1-28(2)25-26-16-19(17-7-4-3-5-8-17)23(27-25)20-9-6-12-29(20)24(30)18-10-11-21-22(15-18)32-14-13-31-21/h3-5,7-8,10-11,15-16,20H,6,9,12-14H2,1-2H3. The van der Waals surface area contributed by atoms with Crippen molar-refractivity contribution in [3.8, 4) is 22.6 Å². The number of hydrogen-bond acceptors (Lipinski definition) is 6. The lowest BCUT2D eigenvalue weighted by Gasteiger charge is -2.27. The van der Waals surface area contributed by atoms with Gasteiger partial charge in [-0.15, -0.1) is 0 Å². The molecule has 3 heterocycles. The van der Waals surface area contributed by atoms with Crippen LogP contribution < -0.4 is 14.4 Å². The molecule has 0 aliphatic carbocycles. The number of ether oxygens (including phenoxy) is 2. The first-order chi connectivity index (χ1) is 15.6. The van der Waals surface area contributed by atoms with E-state index in [1.165, 1.54) is 0 Å². The van der Waals surface area contributed by atoms with Gasteiger partial charge in [-0.25, -0.2) is 9.97 Å². The van der Waals surface area contributed by atoms with E-state index in [-0.39, 0.29) is 11.9 Å². The van der Waals surface area contributed by atoms with Crippen LogP contribution in [0.25, 0.3) is 11.1 Å². The zero-order chi connectivity index (χ0) is 22.1. The molecule has 1 aromatic heterocycles. The first-order valence-electron chi connectivity index (χ1n) is 10.9. The lowest BCUT2D eigenvalue weighted by molar-refractivity contribution is 0.0732. The second-order valence-corrected chi connectivity index (χ2v) is 8.24. The van der Waals surface area contributed by atoms with Crippen LogP contribution >= 0.6 is 0 Å². The molecule has 32 heavy (non-hydrogen) atoms. The van der Waals surface area contributed by atoms with Gasteiger partial charge in [0.2, 0.25) is 5.95 Å². The number of amides is 1. The normalized spacial score (nSPS) is 17.3. The number of rotatable bonds is 4. The molecule has 1 fully saturated rings. The van der Waals surface area contributed by atoms with Crippen molar-refractivity contribution in [3.05, 3.63) is 66.0 Å². The molecule has 1 atom stereocenters. The Labute approximate surface area is 187 Å². The van der Waals surface area contributed by atoms with Crippen LogP contribution in [0, 0.1) is 0 Å². The second kappa shape index (κ2) is 8.49. The van der Waals surface area contributed by atoms with Gasteiger partial charge in [0, 0.05) is 38.0 Å². The maximum absolute atomic E-state index is 13.6. The van der Waals surface area contributed by atoms with Crippen LogP contribution in [0.2, 0.25) is 0 Å². The summed E-state index contributed by atoms with van der Waals surface area (Å²) in [7, 11) is 3.85. The molecule has 0 bridgehead atoms. The minimum Gasteiger partial charge on any atom is -0.486 e. The van der Waals surface area contributed by atoms with Gasteiger partial charge in [-0.2, -0.15) is 0 Å². The zero-order valence-corrected chi connectivity index (χ0v) is 18.3. The summed E-state index contributed by atoms with van der Waals surface area (Å²) >= 11 is 0. The van der Waals surface area contributed by atoms with Crippen LogP contribution in [0.5, 0.6) is 11.5 Å². The van der Waals surface area contributed by atoms with E-state index in [4.69, 9.17) is 14.5 Å². The Morgan fingerprint density at radius 3 is 2.62 bits per heavy atom. The van der Waals surface area contributed by atoms with Crippen molar-refractivity contribution in [2.75, 3.05) is 38.8 Å². The van der Waals surface area contributed by atoms with Crippen molar-refractivity contribution in [3.63, 3.8) is 0 Å². The average molecular weight is 431 g/mol. The molecule has 0 saturated carbocycles. The van der Waals surface area contributed by atoms with Gasteiger partial charge >= 0.3 is 0 Å². The van der Waals surface area contributed by atoms with Crippen LogP contribution in [-0.4, -0.2) is 54.6 Å². The Hall–Kier alpha value is -3.61. The Balaban J connectivity index is 1.53. The Bertz CT molecular complexity index is 1130. The van der Waals surface area contributed by atoms with Gasteiger partial charge in [0.1, 0.15) is 13.2 Å². The lowest BCUT2D eigenvalue weighted by atomic mass is 9.99. The third-order valence-electron chi connectivity index (χ3n) is 5.91. The summed E-state index contributed by atoms with van der Waals surface area (Å²) < 4.78 is 11.3. The third kappa shape index (κ3) is 3.75. The number of benzene rings is 2. The SMILES string of the molecule is CN(C)c1ncc(-c2ccccc2)c(C2CCCN2C(=O)c2ccc3c(c2)OCCO3)n1. The van der Waals surface area contributed by atoms with E-state index >= 15 is 0 Å². The highest BCUT2D eigenvalue weighted by Crippen LogP contribution is 2.39. The summed E-state index contributed by atoms with van der Waals surface area (Å²) in [4.78, 5) is 26.8. The molecule has 2 aliphatic heterocycles. The summed E-state index contributed by atoms with van der Waals surface area (Å²) in [6, 6.07) is 15.4. The molecule has 3 aromatic rings. The highest BCUT2D eigenvalue weighted by Gasteiger charge is 2.34. The number of aromatic nitrogens is 2. The molecule has 164 valence electrons. The van der Waals surface area contributed by atoms with E-state index in [9.17, 15) is 4.79 Å². The van der Waals surface area contributed by atoms with Crippen LogP contribution in [0.4, 0.5) is 5.95 Å².